The highest BCUT2D eigenvalue weighted by molar-refractivity contribution is 5.92. The second-order valence-corrected chi connectivity index (χ2v) is 7.79. The molecule has 2 aromatic rings. The lowest BCUT2D eigenvalue weighted by molar-refractivity contribution is -0.150. The molecule has 190 valence electrons. The number of amides is 2. The minimum Gasteiger partial charge on any atom is -0.367 e. The van der Waals surface area contributed by atoms with Crippen LogP contribution in [-0.4, -0.2) is 66.1 Å². The Morgan fingerprint density at radius 3 is 2.31 bits per heavy atom. The first-order valence-electron chi connectivity index (χ1n) is 10.4. The Morgan fingerprint density at radius 1 is 1.03 bits per heavy atom. The molecular weight excluding hydrogens is 482 g/mol. The van der Waals surface area contributed by atoms with Gasteiger partial charge in [0.2, 0.25) is 5.91 Å². The van der Waals surface area contributed by atoms with Crippen LogP contribution in [0.5, 0.6) is 0 Å². The number of nitrogens with one attached hydrogen (secondary N) is 2. The van der Waals surface area contributed by atoms with Crippen LogP contribution in [0.4, 0.5) is 37.8 Å². The van der Waals surface area contributed by atoms with E-state index in [0.717, 1.165) is 0 Å². The molecule has 35 heavy (non-hydrogen) atoms. The maximum Gasteiger partial charge on any atom is 0.435 e. The molecule has 0 radical (unpaired) electrons. The first kappa shape index (κ1) is 26.2. The first-order chi connectivity index (χ1) is 16.4. The topological polar surface area (TPSA) is 90.5 Å². The molecule has 0 spiro atoms. The van der Waals surface area contributed by atoms with Gasteiger partial charge < -0.3 is 15.5 Å². The Morgan fingerprint density at radius 2 is 1.71 bits per heavy atom. The SMILES string of the molecule is CNC(=O)c1ccc(N2CCN(Cc3ccnc(NC(=O)CC(F)(F)F)c3)CC2)c(C(F)(F)F)n1. The number of pyridine rings is 2. The molecule has 3 heterocycles. The fraction of sp³-hybridized carbons (Fsp3) is 0.429. The number of rotatable bonds is 6. The normalized spacial score (nSPS) is 15.1. The van der Waals surface area contributed by atoms with Crippen molar-refractivity contribution in [3.05, 3.63) is 47.4 Å². The van der Waals surface area contributed by atoms with Crippen LogP contribution in [0.2, 0.25) is 0 Å². The van der Waals surface area contributed by atoms with Crippen LogP contribution in [0.25, 0.3) is 0 Å². The molecule has 3 rings (SSSR count). The highest BCUT2D eigenvalue weighted by Gasteiger charge is 2.38. The molecule has 8 nitrogen and oxygen atoms in total. The molecule has 1 aliphatic heterocycles. The molecular formula is C21H22F6N6O2. The fourth-order valence-electron chi connectivity index (χ4n) is 3.59. The highest BCUT2D eigenvalue weighted by Crippen LogP contribution is 2.35. The van der Waals surface area contributed by atoms with Crippen molar-refractivity contribution in [1.29, 1.82) is 0 Å². The summed E-state index contributed by atoms with van der Waals surface area (Å²) < 4.78 is 77.8. The Hall–Kier alpha value is -3.42. The van der Waals surface area contributed by atoms with E-state index < -0.39 is 36.3 Å². The molecule has 0 unspecified atom stereocenters. The lowest BCUT2D eigenvalue weighted by Gasteiger charge is -2.37. The van der Waals surface area contributed by atoms with Gasteiger partial charge in [-0.05, 0) is 29.8 Å². The van der Waals surface area contributed by atoms with Gasteiger partial charge in [0.15, 0.2) is 5.69 Å². The van der Waals surface area contributed by atoms with Crippen molar-refractivity contribution >= 4 is 23.3 Å². The van der Waals surface area contributed by atoms with Gasteiger partial charge in [-0.2, -0.15) is 26.3 Å². The lowest BCUT2D eigenvalue weighted by atomic mass is 10.1. The van der Waals surface area contributed by atoms with E-state index in [-0.39, 0.29) is 30.3 Å². The Labute approximate surface area is 196 Å². The summed E-state index contributed by atoms with van der Waals surface area (Å²) in [5, 5.41) is 4.35. The third-order valence-electron chi connectivity index (χ3n) is 5.17. The quantitative estimate of drug-likeness (QED) is 0.588. The van der Waals surface area contributed by atoms with Gasteiger partial charge in [-0.3, -0.25) is 14.5 Å². The number of nitrogens with zero attached hydrogens (tertiary/aromatic N) is 4. The summed E-state index contributed by atoms with van der Waals surface area (Å²) in [6.07, 6.45) is -9.66. The standard InChI is InChI=1S/C21H22F6N6O2/c1-28-19(35)14-2-3-15(18(30-14)21(25,26)27)33-8-6-32(7-9-33)12-13-4-5-29-16(10-13)31-17(34)11-20(22,23)24/h2-5,10H,6-9,11-12H2,1H3,(H,28,35)(H,29,31,34). The van der Waals surface area contributed by atoms with Crippen molar-refractivity contribution < 1.29 is 35.9 Å². The van der Waals surface area contributed by atoms with Crippen molar-refractivity contribution in [2.75, 3.05) is 43.4 Å². The van der Waals surface area contributed by atoms with Crippen molar-refractivity contribution in [2.45, 2.75) is 25.3 Å². The van der Waals surface area contributed by atoms with Crippen LogP contribution in [0.15, 0.2) is 30.5 Å². The molecule has 1 saturated heterocycles. The van der Waals surface area contributed by atoms with E-state index in [4.69, 9.17) is 0 Å². The fourth-order valence-corrected chi connectivity index (χ4v) is 3.59. The van der Waals surface area contributed by atoms with E-state index in [1.54, 1.807) is 6.07 Å². The molecule has 0 aliphatic carbocycles. The van der Waals surface area contributed by atoms with E-state index >= 15 is 0 Å². The van der Waals surface area contributed by atoms with Crippen LogP contribution in [0, 0.1) is 0 Å². The molecule has 0 saturated carbocycles. The van der Waals surface area contributed by atoms with Crippen LogP contribution in [0.1, 0.15) is 28.2 Å². The Balaban J connectivity index is 1.64. The maximum absolute atomic E-state index is 13.6. The predicted octanol–water partition coefficient (Wildman–Crippen LogP) is 3.07. The molecule has 0 bridgehead atoms. The third-order valence-corrected chi connectivity index (χ3v) is 5.17. The van der Waals surface area contributed by atoms with Gasteiger partial charge in [0.1, 0.15) is 17.9 Å². The molecule has 2 aromatic heterocycles. The van der Waals surface area contributed by atoms with Gasteiger partial charge in [-0.1, -0.05) is 0 Å². The number of anilines is 2. The second kappa shape index (κ2) is 10.5. The van der Waals surface area contributed by atoms with E-state index in [1.165, 1.54) is 36.3 Å². The zero-order chi connectivity index (χ0) is 25.8. The smallest absolute Gasteiger partial charge is 0.367 e. The number of hydrogen-bond acceptors (Lipinski definition) is 6. The number of halogens is 6. The number of piperazine rings is 1. The molecule has 14 heteroatoms. The molecule has 2 N–H and O–H groups in total. The average molecular weight is 504 g/mol. The lowest BCUT2D eigenvalue weighted by Crippen LogP contribution is -2.46. The zero-order valence-corrected chi connectivity index (χ0v) is 18.5. The molecule has 0 aromatic carbocycles. The number of carbonyl (C=O) groups excluding carboxylic acids is 2. The minimum absolute atomic E-state index is 0.0208. The second-order valence-electron chi connectivity index (χ2n) is 7.79. The summed E-state index contributed by atoms with van der Waals surface area (Å²) in [7, 11) is 1.30. The Kier molecular flexibility index (Phi) is 7.83. The highest BCUT2D eigenvalue weighted by atomic mass is 19.4. The van der Waals surface area contributed by atoms with Gasteiger partial charge in [-0.15, -0.1) is 0 Å². The largest absolute Gasteiger partial charge is 0.435 e. The summed E-state index contributed by atoms with van der Waals surface area (Å²) in [4.78, 5) is 34.0. The first-order valence-corrected chi connectivity index (χ1v) is 10.4. The molecule has 2 amide bonds. The maximum atomic E-state index is 13.6. The van der Waals surface area contributed by atoms with Crippen LogP contribution < -0.4 is 15.5 Å². The minimum atomic E-state index is -4.75. The molecule has 0 atom stereocenters. The van der Waals surface area contributed by atoms with Crippen LogP contribution >= 0.6 is 0 Å². The van der Waals surface area contributed by atoms with Crippen LogP contribution in [-0.2, 0) is 17.5 Å². The third kappa shape index (κ3) is 7.28. The predicted molar refractivity (Wildman–Crippen MR) is 114 cm³/mol. The van der Waals surface area contributed by atoms with E-state index in [1.807, 2.05) is 4.90 Å². The number of aromatic nitrogens is 2. The van der Waals surface area contributed by atoms with Crippen LogP contribution in [0.3, 0.4) is 0 Å². The van der Waals surface area contributed by atoms with E-state index in [0.29, 0.717) is 25.2 Å². The Bertz CT molecular complexity index is 1070. The molecule has 1 fully saturated rings. The summed E-state index contributed by atoms with van der Waals surface area (Å²) >= 11 is 0. The average Bonchev–Trinajstić information content (AvgIpc) is 2.77. The summed E-state index contributed by atoms with van der Waals surface area (Å²) in [5.41, 5.74) is -0.926. The van der Waals surface area contributed by atoms with Gasteiger partial charge in [0.25, 0.3) is 5.91 Å². The van der Waals surface area contributed by atoms with Gasteiger partial charge >= 0.3 is 12.4 Å². The molecule has 1 aliphatic rings. The number of hydrogen-bond donors (Lipinski definition) is 2. The number of carbonyl (C=O) groups is 2. The van der Waals surface area contributed by atoms with E-state index in [2.05, 4.69) is 20.6 Å². The number of alkyl halides is 6. The van der Waals surface area contributed by atoms with Gasteiger partial charge in [0.05, 0.1) is 5.69 Å². The summed E-state index contributed by atoms with van der Waals surface area (Å²) in [6, 6.07) is 5.55. The zero-order valence-electron chi connectivity index (χ0n) is 18.5. The van der Waals surface area contributed by atoms with E-state index in [9.17, 15) is 35.9 Å². The van der Waals surface area contributed by atoms with Crippen molar-refractivity contribution in [1.82, 2.24) is 20.2 Å². The summed E-state index contributed by atoms with van der Waals surface area (Å²) in [5.74, 6) is -1.97. The monoisotopic (exact) mass is 504 g/mol. The van der Waals surface area contributed by atoms with Crippen molar-refractivity contribution in [3.63, 3.8) is 0 Å². The van der Waals surface area contributed by atoms with Gasteiger partial charge in [0, 0.05) is 46.0 Å². The van der Waals surface area contributed by atoms with Crippen molar-refractivity contribution in [2.24, 2.45) is 0 Å². The van der Waals surface area contributed by atoms with Crippen molar-refractivity contribution in [3.8, 4) is 0 Å². The van der Waals surface area contributed by atoms with Gasteiger partial charge in [-0.25, -0.2) is 9.97 Å². The summed E-state index contributed by atoms with van der Waals surface area (Å²) in [6.45, 7) is 1.66.